The van der Waals surface area contributed by atoms with Gasteiger partial charge in [0.15, 0.2) is 5.60 Å². The van der Waals surface area contributed by atoms with Gasteiger partial charge in [-0.1, -0.05) is 44.0 Å². The number of rotatable bonds is 5. The molecule has 0 radical (unpaired) electrons. The predicted molar refractivity (Wildman–Crippen MR) is 107 cm³/mol. The van der Waals surface area contributed by atoms with Crippen LogP contribution in [-0.2, 0) is 10.4 Å². The molecule has 7 heteroatoms. The Balaban J connectivity index is 2.22. The molecule has 2 heterocycles. The molecule has 0 saturated heterocycles. The highest BCUT2D eigenvalue weighted by Crippen LogP contribution is 2.44. The summed E-state index contributed by atoms with van der Waals surface area (Å²) in [6, 6.07) is 13.1. The van der Waals surface area contributed by atoms with Crippen LogP contribution in [0, 0.1) is 0 Å². The average molecular weight is 487 g/mol. The largest absolute Gasteiger partial charge is 0.374 e. The zero-order chi connectivity index (χ0) is 17.2. The van der Waals surface area contributed by atoms with Crippen LogP contribution in [0.5, 0.6) is 0 Å². The first-order valence-electron chi connectivity index (χ1n) is 7.02. The summed E-state index contributed by atoms with van der Waals surface area (Å²) >= 11 is 9.59. The maximum absolute atomic E-state index is 11.9. The van der Waals surface area contributed by atoms with Gasteiger partial charge in [-0.15, -0.1) is 22.7 Å². The average Bonchev–Trinajstić information content (AvgIpc) is 3.29. The summed E-state index contributed by atoms with van der Waals surface area (Å²) in [4.78, 5) is 13.5. The molecule has 0 aliphatic heterocycles. The topological polar surface area (TPSA) is 49.3 Å². The molecule has 0 aliphatic carbocycles. The fourth-order valence-corrected chi connectivity index (χ4v) is 4.73. The van der Waals surface area contributed by atoms with E-state index in [1.54, 1.807) is 6.07 Å². The molecule has 1 amide bonds. The van der Waals surface area contributed by atoms with E-state index in [1.165, 1.54) is 22.7 Å². The van der Waals surface area contributed by atoms with Gasteiger partial charge in [0.25, 0.3) is 0 Å². The normalized spacial score (nSPS) is 11.5. The molecule has 24 heavy (non-hydrogen) atoms. The van der Waals surface area contributed by atoms with Crippen molar-refractivity contribution in [3.05, 3.63) is 73.0 Å². The zero-order valence-corrected chi connectivity index (χ0v) is 17.1. The third-order valence-electron chi connectivity index (χ3n) is 3.52. The fourth-order valence-electron chi connectivity index (χ4n) is 2.46. The van der Waals surface area contributed by atoms with Gasteiger partial charge in [-0.05, 0) is 41.1 Å². The van der Waals surface area contributed by atoms with Crippen LogP contribution in [0.4, 0.5) is 5.69 Å². The number of carbonyl (C=O) groups is 1. The van der Waals surface area contributed by atoms with Gasteiger partial charge in [-0.3, -0.25) is 4.79 Å². The van der Waals surface area contributed by atoms with Crippen LogP contribution in [0.3, 0.4) is 0 Å². The van der Waals surface area contributed by atoms with Crippen LogP contribution in [0.25, 0.3) is 0 Å². The van der Waals surface area contributed by atoms with E-state index in [1.807, 2.05) is 47.2 Å². The second-order valence-corrected chi connectivity index (χ2v) is 8.41. The number of halogens is 2. The molecular formula is C17H13Br2NO2S2. The number of hydrogen-bond donors (Lipinski definition) is 2. The predicted octanol–water partition coefficient (Wildman–Crippen LogP) is 5.19. The molecule has 3 aromatic rings. The Morgan fingerprint density at radius 1 is 1.12 bits per heavy atom. The molecule has 3 rings (SSSR count). The highest BCUT2D eigenvalue weighted by molar-refractivity contribution is 9.10. The maximum atomic E-state index is 11.9. The van der Waals surface area contributed by atoms with Crippen molar-refractivity contribution >= 4 is 66.1 Å². The number of carbonyl (C=O) groups excluding carboxylic acids is 1. The molecule has 0 unspecified atom stereocenters. The minimum absolute atomic E-state index is 0.168. The number of nitrogens with one attached hydrogen (secondary N) is 1. The highest BCUT2D eigenvalue weighted by atomic mass is 79.9. The van der Waals surface area contributed by atoms with Gasteiger partial charge < -0.3 is 10.4 Å². The van der Waals surface area contributed by atoms with Gasteiger partial charge in [0.2, 0.25) is 5.91 Å². The van der Waals surface area contributed by atoms with Crippen LogP contribution >= 0.6 is 54.5 Å². The third kappa shape index (κ3) is 3.36. The maximum Gasteiger partial charge on any atom is 0.235 e. The number of anilines is 1. The van der Waals surface area contributed by atoms with Crippen LogP contribution in [0.2, 0.25) is 0 Å². The molecule has 1 aromatic carbocycles. The smallest absolute Gasteiger partial charge is 0.235 e. The fraction of sp³-hybridized carbons (Fsp3) is 0.118. The minimum Gasteiger partial charge on any atom is -0.374 e. The molecule has 0 spiro atoms. The van der Waals surface area contributed by atoms with Gasteiger partial charge in [0, 0.05) is 25.5 Å². The first-order valence-corrected chi connectivity index (χ1v) is 10.7. The van der Waals surface area contributed by atoms with E-state index in [0.29, 0.717) is 11.3 Å². The lowest BCUT2D eigenvalue weighted by molar-refractivity contribution is -0.113. The molecule has 0 saturated carbocycles. The quantitative estimate of drug-likeness (QED) is 0.487. The first kappa shape index (κ1) is 17.8. The molecule has 0 aliphatic rings. The first-order chi connectivity index (χ1) is 11.6. The second-order valence-electron chi connectivity index (χ2n) is 5.04. The van der Waals surface area contributed by atoms with Crippen molar-refractivity contribution in [1.82, 2.24) is 0 Å². The van der Waals surface area contributed by atoms with Crippen molar-refractivity contribution in [2.24, 2.45) is 0 Å². The number of hydrogen-bond acceptors (Lipinski definition) is 4. The van der Waals surface area contributed by atoms with Gasteiger partial charge in [-0.2, -0.15) is 0 Å². The van der Waals surface area contributed by atoms with Crippen molar-refractivity contribution in [1.29, 1.82) is 0 Å². The summed E-state index contributed by atoms with van der Waals surface area (Å²) in [5.74, 6) is -0.168. The van der Waals surface area contributed by atoms with Crippen molar-refractivity contribution < 1.29 is 9.90 Å². The van der Waals surface area contributed by atoms with Crippen LogP contribution in [-0.4, -0.2) is 16.3 Å². The van der Waals surface area contributed by atoms with Crippen LogP contribution in [0.1, 0.15) is 15.3 Å². The van der Waals surface area contributed by atoms with Crippen molar-refractivity contribution in [2.75, 3.05) is 10.6 Å². The van der Waals surface area contributed by atoms with Gasteiger partial charge in [-0.25, -0.2) is 0 Å². The molecule has 3 nitrogen and oxygen atoms in total. The lowest BCUT2D eigenvalue weighted by Gasteiger charge is -2.29. The highest BCUT2D eigenvalue weighted by Gasteiger charge is 2.38. The van der Waals surface area contributed by atoms with E-state index in [-0.39, 0.29) is 11.2 Å². The lowest BCUT2D eigenvalue weighted by atomic mass is 9.89. The number of benzene rings is 1. The Hall–Kier alpha value is -0.990. The SMILES string of the molecule is O=C(CBr)Nc1ccc(Br)cc1C(O)(c1cccs1)c1cccs1. The van der Waals surface area contributed by atoms with Crippen molar-refractivity contribution in [3.63, 3.8) is 0 Å². The molecule has 124 valence electrons. The molecule has 0 bridgehead atoms. The van der Waals surface area contributed by atoms with E-state index >= 15 is 0 Å². The summed E-state index contributed by atoms with van der Waals surface area (Å²) in [7, 11) is 0. The number of thiophene rings is 2. The summed E-state index contributed by atoms with van der Waals surface area (Å²) < 4.78 is 0.834. The summed E-state index contributed by atoms with van der Waals surface area (Å²) in [6.45, 7) is 0. The number of aliphatic hydroxyl groups is 1. The summed E-state index contributed by atoms with van der Waals surface area (Å²) in [6.07, 6.45) is 0. The molecule has 0 atom stereocenters. The van der Waals surface area contributed by atoms with Crippen LogP contribution < -0.4 is 5.32 Å². The number of alkyl halides is 1. The third-order valence-corrected chi connectivity index (χ3v) is 6.48. The van der Waals surface area contributed by atoms with Gasteiger partial charge in [0.05, 0.1) is 5.33 Å². The van der Waals surface area contributed by atoms with Crippen LogP contribution in [0.15, 0.2) is 57.7 Å². The second kappa shape index (κ2) is 7.49. The Morgan fingerprint density at radius 3 is 2.25 bits per heavy atom. The molecular weight excluding hydrogens is 474 g/mol. The van der Waals surface area contributed by atoms with E-state index in [2.05, 4.69) is 37.2 Å². The zero-order valence-electron chi connectivity index (χ0n) is 12.3. The summed E-state index contributed by atoms with van der Waals surface area (Å²) in [5, 5.41) is 18.7. The number of amides is 1. The van der Waals surface area contributed by atoms with Gasteiger partial charge >= 0.3 is 0 Å². The molecule has 2 N–H and O–H groups in total. The monoisotopic (exact) mass is 485 g/mol. The summed E-state index contributed by atoms with van der Waals surface area (Å²) in [5.41, 5.74) is -0.0934. The Kier molecular flexibility index (Phi) is 5.56. The van der Waals surface area contributed by atoms with E-state index in [4.69, 9.17) is 0 Å². The molecule has 0 fully saturated rings. The minimum atomic E-state index is -1.32. The van der Waals surface area contributed by atoms with E-state index < -0.39 is 5.60 Å². The van der Waals surface area contributed by atoms with E-state index in [0.717, 1.165) is 14.2 Å². The molecule has 2 aromatic heterocycles. The Labute approximate surface area is 164 Å². The Morgan fingerprint density at radius 2 is 1.75 bits per heavy atom. The lowest BCUT2D eigenvalue weighted by Crippen LogP contribution is -2.29. The Bertz CT molecular complexity index is 798. The standard InChI is InChI=1S/C17H13Br2NO2S2/c18-10-16(21)20-13-6-5-11(19)9-12(13)17(22,14-3-1-7-23-14)15-4-2-8-24-15/h1-9,22H,10H2,(H,20,21). The van der Waals surface area contributed by atoms with Crippen molar-refractivity contribution in [3.8, 4) is 0 Å². The van der Waals surface area contributed by atoms with E-state index in [9.17, 15) is 9.90 Å². The van der Waals surface area contributed by atoms with Crippen molar-refractivity contribution in [2.45, 2.75) is 5.60 Å². The van der Waals surface area contributed by atoms with Gasteiger partial charge in [0.1, 0.15) is 0 Å².